The summed E-state index contributed by atoms with van der Waals surface area (Å²) in [5, 5.41) is 9.40. The van der Waals surface area contributed by atoms with Crippen LogP contribution in [0.1, 0.15) is 32.1 Å². The zero-order chi connectivity index (χ0) is 8.10. The first-order valence-corrected chi connectivity index (χ1v) is 5.42. The highest BCUT2D eigenvalue weighted by Gasteiger charge is 2.14. The molecule has 0 radical (unpaired) electrons. The first-order valence-electron chi connectivity index (χ1n) is 4.13. The van der Waals surface area contributed by atoms with Crippen LogP contribution in [0.3, 0.4) is 0 Å². The van der Waals surface area contributed by atoms with Gasteiger partial charge in [-0.15, -0.1) is 11.8 Å². The van der Waals surface area contributed by atoms with Gasteiger partial charge < -0.3 is 5.11 Å². The highest BCUT2D eigenvalue weighted by atomic mass is 32.2. The lowest BCUT2D eigenvalue weighted by atomic mass is 10.0. The van der Waals surface area contributed by atoms with Crippen molar-refractivity contribution >= 4 is 28.2 Å². The van der Waals surface area contributed by atoms with Gasteiger partial charge in [0.1, 0.15) is 0 Å². The standard InChI is InChI=1S/C8H14OS2/c9-6-8(10)11-7-4-2-1-3-5-7/h7,9H,1-6H2. The predicted molar refractivity (Wildman–Crippen MR) is 54.1 cm³/mol. The van der Waals surface area contributed by atoms with Crippen LogP contribution in [-0.4, -0.2) is 21.2 Å². The normalized spacial score (nSPS) is 20.1. The van der Waals surface area contributed by atoms with E-state index in [1.54, 1.807) is 11.8 Å². The monoisotopic (exact) mass is 190 g/mol. The quantitative estimate of drug-likeness (QED) is 0.675. The second-order valence-electron chi connectivity index (χ2n) is 2.91. The number of aliphatic hydroxyl groups excluding tert-OH is 1. The molecule has 0 bridgehead atoms. The lowest BCUT2D eigenvalue weighted by molar-refractivity contribution is 0.362. The van der Waals surface area contributed by atoms with Crippen LogP contribution in [0.15, 0.2) is 0 Å². The molecule has 0 atom stereocenters. The van der Waals surface area contributed by atoms with Gasteiger partial charge in [0.15, 0.2) is 0 Å². The number of thiocarbonyl (C=S) groups is 1. The van der Waals surface area contributed by atoms with Crippen LogP contribution >= 0.6 is 24.0 Å². The summed E-state index contributed by atoms with van der Waals surface area (Å²) < 4.78 is 0.761. The van der Waals surface area contributed by atoms with Crippen molar-refractivity contribution in [2.75, 3.05) is 6.61 Å². The molecule has 0 aromatic heterocycles. The fourth-order valence-electron chi connectivity index (χ4n) is 1.41. The van der Waals surface area contributed by atoms with Crippen LogP contribution in [0, 0.1) is 0 Å². The Morgan fingerprint density at radius 2 is 2.00 bits per heavy atom. The first kappa shape index (κ1) is 9.49. The van der Waals surface area contributed by atoms with Crippen molar-refractivity contribution in [3.05, 3.63) is 0 Å². The third-order valence-electron chi connectivity index (χ3n) is 1.98. The van der Waals surface area contributed by atoms with Gasteiger partial charge in [-0.25, -0.2) is 0 Å². The van der Waals surface area contributed by atoms with Crippen molar-refractivity contribution in [3.8, 4) is 0 Å². The predicted octanol–water partition coefficient (Wildman–Crippen LogP) is 2.37. The van der Waals surface area contributed by atoms with Crippen molar-refractivity contribution in [1.29, 1.82) is 0 Å². The molecule has 0 aromatic rings. The van der Waals surface area contributed by atoms with Crippen LogP contribution in [-0.2, 0) is 0 Å². The van der Waals surface area contributed by atoms with Crippen molar-refractivity contribution in [1.82, 2.24) is 0 Å². The molecule has 1 aliphatic carbocycles. The molecule has 1 nitrogen and oxygen atoms in total. The smallest absolute Gasteiger partial charge is 0.0843 e. The summed E-state index contributed by atoms with van der Waals surface area (Å²) in [6.07, 6.45) is 6.62. The molecule has 1 rings (SSSR count). The molecule has 0 amide bonds. The fraction of sp³-hybridized carbons (Fsp3) is 0.875. The highest BCUT2D eigenvalue weighted by Crippen LogP contribution is 2.28. The molecule has 0 aromatic carbocycles. The van der Waals surface area contributed by atoms with E-state index in [2.05, 4.69) is 0 Å². The molecular weight excluding hydrogens is 176 g/mol. The van der Waals surface area contributed by atoms with Crippen LogP contribution in [0.4, 0.5) is 0 Å². The Kier molecular flexibility index (Phi) is 4.41. The third kappa shape index (κ3) is 3.54. The van der Waals surface area contributed by atoms with Gasteiger partial charge in [0.05, 0.1) is 10.8 Å². The van der Waals surface area contributed by atoms with Gasteiger partial charge in [-0.1, -0.05) is 31.5 Å². The number of aliphatic hydroxyl groups is 1. The zero-order valence-electron chi connectivity index (χ0n) is 6.58. The van der Waals surface area contributed by atoms with Gasteiger partial charge in [-0.05, 0) is 12.8 Å². The van der Waals surface area contributed by atoms with E-state index >= 15 is 0 Å². The summed E-state index contributed by atoms with van der Waals surface area (Å²) in [5.41, 5.74) is 0. The largest absolute Gasteiger partial charge is 0.390 e. The van der Waals surface area contributed by atoms with E-state index < -0.39 is 0 Å². The molecule has 11 heavy (non-hydrogen) atoms. The van der Waals surface area contributed by atoms with E-state index in [1.165, 1.54) is 32.1 Å². The molecule has 1 aliphatic rings. The minimum atomic E-state index is 0.0660. The van der Waals surface area contributed by atoms with Crippen molar-refractivity contribution in [3.63, 3.8) is 0 Å². The summed E-state index contributed by atoms with van der Waals surface area (Å²) in [4.78, 5) is 0. The Balaban J connectivity index is 2.19. The second kappa shape index (κ2) is 5.12. The molecule has 0 aliphatic heterocycles. The summed E-state index contributed by atoms with van der Waals surface area (Å²) in [6, 6.07) is 0. The molecule has 0 spiro atoms. The number of hydrogen-bond acceptors (Lipinski definition) is 3. The Labute approximate surface area is 77.6 Å². The van der Waals surface area contributed by atoms with E-state index in [1.807, 2.05) is 0 Å². The van der Waals surface area contributed by atoms with Gasteiger partial charge >= 0.3 is 0 Å². The second-order valence-corrected chi connectivity index (χ2v) is 5.05. The SMILES string of the molecule is OCC(=S)SC1CCCCC1. The summed E-state index contributed by atoms with van der Waals surface area (Å²) >= 11 is 6.65. The Hall–Kier alpha value is 0.400. The van der Waals surface area contributed by atoms with E-state index in [-0.39, 0.29) is 6.61 Å². The van der Waals surface area contributed by atoms with Gasteiger partial charge in [0.25, 0.3) is 0 Å². The lowest BCUT2D eigenvalue weighted by Gasteiger charge is -2.20. The minimum Gasteiger partial charge on any atom is -0.390 e. The highest BCUT2D eigenvalue weighted by molar-refractivity contribution is 8.23. The molecular formula is C8H14OS2. The van der Waals surface area contributed by atoms with Gasteiger partial charge in [0.2, 0.25) is 0 Å². The van der Waals surface area contributed by atoms with Crippen LogP contribution in [0.25, 0.3) is 0 Å². The maximum absolute atomic E-state index is 8.70. The molecule has 0 unspecified atom stereocenters. The van der Waals surface area contributed by atoms with Gasteiger partial charge in [-0.2, -0.15) is 0 Å². The minimum absolute atomic E-state index is 0.0660. The van der Waals surface area contributed by atoms with Crippen molar-refractivity contribution < 1.29 is 5.11 Å². The van der Waals surface area contributed by atoms with E-state index in [0.717, 1.165) is 4.20 Å². The molecule has 1 fully saturated rings. The van der Waals surface area contributed by atoms with Crippen LogP contribution < -0.4 is 0 Å². The molecule has 3 heteroatoms. The maximum atomic E-state index is 8.70. The number of rotatable bonds is 2. The van der Waals surface area contributed by atoms with E-state index in [4.69, 9.17) is 17.3 Å². The molecule has 0 heterocycles. The first-order chi connectivity index (χ1) is 5.33. The van der Waals surface area contributed by atoms with Crippen molar-refractivity contribution in [2.45, 2.75) is 37.4 Å². The number of hydrogen-bond donors (Lipinski definition) is 1. The van der Waals surface area contributed by atoms with E-state index in [0.29, 0.717) is 5.25 Å². The molecule has 64 valence electrons. The lowest BCUT2D eigenvalue weighted by Crippen LogP contribution is -2.11. The summed E-state index contributed by atoms with van der Waals surface area (Å²) in [6.45, 7) is 0.0660. The van der Waals surface area contributed by atoms with Gasteiger partial charge in [-0.3, -0.25) is 0 Å². The zero-order valence-corrected chi connectivity index (χ0v) is 8.22. The van der Waals surface area contributed by atoms with Gasteiger partial charge in [0, 0.05) is 5.25 Å². The Bertz CT molecular complexity index is 130. The van der Waals surface area contributed by atoms with Crippen molar-refractivity contribution in [2.24, 2.45) is 0 Å². The van der Waals surface area contributed by atoms with Crippen LogP contribution in [0.2, 0.25) is 0 Å². The maximum Gasteiger partial charge on any atom is 0.0843 e. The molecule has 1 saturated carbocycles. The van der Waals surface area contributed by atoms with E-state index in [9.17, 15) is 0 Å². The Morgan fingerprint density at radius 3 is 2.55 bits per heavy atom. The number of thioether (sulfide) groups is 1. The summed E-state index contributed by atoms with van der Waals surface area (Å²) in [7, 11) is 0. The summed E-state index contributed by atoms with van der Waals surface area (Å²) in [5.74, 6) is 0. The Morgan fingerprint density at radius 1 is 1.36 bits per heavy atom. The topological polar surface area (TPSA) is 20.2 Å². The average molecular weight is 190 g/mol. The fourth-order valence-corrected chi connectivity index (χ4v) is 2.83. The third-order valence-corrected chi connectivity index (χ3v) is 3.59. The average Bonchev–Trinajstić information content (AvgIpc) is 2.06. The van der Waals surface area contributed by atoms with Crippen LogP contribution in [0.5, 0.6) is 0 Å². The molecule has 0 saturated heterocycles. The molecule has 1 N–H and O–H groups in total.